The van der Waals surface area contributed by atoms with Gasteiger partial charge in [-0.25, -0.2) is 0 Å². The van der Waals surface area contributed by atoms with E-state index in [2.05, 4.69) is 4.90 Å². The van der Waals surface area contributed by atoms with Gasteiger partial charge in [0.25, 0.3) is 0 Å². The fourth-order valence-corrected chi connectivity index (χ4v) is 3.86. The van der Waals surface area contributed by atoms with Crippen LogP contribution in [0.25, 0.3) is 0 Å². The van der Waals surface area contributed by atoms with Gasteiger partial charge < -0.3 is 19.7 Å². The molecule has 0 radical (unpaired) electrons. The topological polar surface area (TPSA) is 62.2 Å². The van der Waals surface area contributed by atoms with E-state index >= 15 is 0 Å². The van der Waals surface area contributed by atoms with Crippen molar-refractivity contribution < 1.29 is 21.1 Å². The summed E-state index contributed by atoms with van der Waals surface area (Å²) in [4.78, 5) is 2.23. The van der Waals surface area contributed by atoms with Gasteiger partial charge in [-0.15, -0.1) is 0 Å². The lowest BCUT2D eigenvalue weighted by atomic mass is 9.91. The summed E-state index contributed by atoms with van der Waals surface area (Å²) in [5, 5.41) is 19.8. The highest BCUT2D eigenvalue weighted by atomic mass is 16.5. The summed E-state index contributed by atoms with van der Waals surface area (Å²) < 4.78 is 19.1. The summed E-state index contributed by atoms with van der Waals surface area (Å²) in [6, 6.07) is 5.74. The first kappa shape index (κ1) is 16.2. The molecule has 5 nitrogen and oxygen atoms in total. The fraction of sp³-hybridized carbons (Fsp3) is 0.684. The predicted molar refractivity (Wildman–Crippen MR) is 92.6 cm³/mol. The van der Waals surface area contributed by atoms with Crippen molar-refractivity contribution in [2.24, 2.45) is 0 Å². The van der Waals surface area contributed by atoms with E-state index in [1.807, 2.05) is 6.07 Å². The summed E-state index contributed by atoms with van der Waals surface area (Å²) in [6.45, 7) is 1.80. The quantitative estimate of drug-likeness (QED) is 0.835. The van der Waals surface area contributed by atoms with E-state index in [1.54, 1.807) is 12.1 Å². The lowest BCUT2D eigenvalue weighted by Gasteiger charge is -2.37. The van der Waals surface area contributed by atoms with Crippen molar-refractivity contribution in [1.29, 1.82) is 0 Å². The molecule has 2 fully saturated rings. The van der Waals surface area contributed by atoms with Gasteiger partial charge in [0, 0.05) is 19.1 Å². The van der Waals surface area contributed by atoms with Gasteiger partial charge >= 0.3 is 0 Å². The third-order valence-electron chi connectivity index (χ3n) is 5.18. The number of phenols is 1. The van der Waals surface area contributed by atoms with Gasteiger partial charge in [-0.05, 0) is 43.4 Å². The van der Waals surface area contributed by atoms with Crippen LogP contribution in [-0.4, -0.2) is 60.1 Å². The van der Waals surface area contributed by atoms with Crippen LogP contribution in [0, 0.1) is 0 Å². The van der Waals surface area contributed by atoms with Crippen LogP contribution in [0.15, 0.2) is 18.2 Å². The first-order chi connectivity index (χ1) is 12.0. The molecule has 1 aliphatic carbocycles. The zero-order valence-corrected chi connectivity index (χ0v) is 14.4. The third-order valence-corrected chi connectivity index (χ3v) is 5.18. The number of ether oxygens (including phenoxy) is 2. The number of hydrogen-bond acceptors (Lipinski definition) is 5. The number of aliphatic hydroxyl groups is 1. The maximum Gasteiger partial charge on any atom is 0.160 e. The molecule has 1 aliphatic heterocycles. The lowest BCUT2D eigenvalue weighted by Crippen LogP contribution is -2.46. The fourth-order valence-electron chi connectivity index (χ4n) is 3.86. The Morgan fingerprint density at radius 3 is 2.83 bits per heavy atom. The molecule has 3 rings (SSSR count). The summed E-state index contributed by atoms with van der Waals surface area (Å²) in [6.07, 6.45) is 4.57. The molecule has 1 aromatic carbocycles. The summed E-state index contributed by atoms with van der Waals surface area (Å²) in [5.74, 6) is 0.635. The van der Waals surface area contributed by atoms with Gasteiger partial charge in [-0.1, -0.05) is 18.9 Å². The first-order valence-corrected chi connectivity index (χ1v) is 8.92. The third kappa shape index (κ3) is 4.21. The van der Waals surface area contributed by atoms with Gasteiger partial charge in [0.2, 0.25) is 0 Å². The molecule has 1 saturated carbocycles. The maximum absolute atomic E-state index is 9.93. The van der Waals surface area contributed by atoms with Crippen LogP contribution in [-0.2, 0) is 11.2 Å². The molecule has 0 bridgehead atoms. The van der Waals surface area contributed by atoms with Crippen molar-refractivity contribution in [2.45, 2.75) is 56.8 Å². The number of likely N-dealkylation sites (tertiary alicyclic amines) is 1. The second kappa shape index (κ2) is 8.19. The van der Waals surface area contributed by atoms with Gasteiger partial charge in [0.1, 0.15) is 0 Å². The van der Waals surface area contributed by atoms with Crippen LogP contribution in [0.2, 0.25) is 0 Å². The highest BCUT2D eigenvalue weighted by molar-refractivity contribution is 5.41. The molecule has 1 saturated heterocycles. The van der Waals surface area contributed by atoms with Crippen molar-refractivity contribution >= 4 is 0 Å². The zero-order valence-electron chi connectivity index (χ0n) is 15.4. The lowest BCUT2D eigenvalue weighted by molar-refractivity contribution is -0.0316. The zero-order chi connectivity index (χ0) is 17.9. The monoisotopic (exact) mass is 336 g/mol. The van der Waals surface area contributed by atoms with E-state index in [0.29, 0.717) is 31.4 Å². The number of β-amino-alcohol motifs (C(OH)–C–C–N with tert-alkyl or cyclic N) is 1. The molecule has 1 unspecified atom stereocenters. The van der Waals surface area contributed by atoms with Crippen molar-refractivity contribution in [2.75, 3.05) is 26.8 Å². The van der Waals surface area contributed by atoms with E-state index in [1.165, 1.54) is 20.0 Å². The number of rotatable bonds is 6. The highest BCUT2D eigenvalue weighted by Crippen LogP contribution is 2.29. The molecule has 2 N–H and O–H groups in total. The van der Waals surface area contributed by atoms with Gasteiger partial charge in [0.15, 0.2) is 11.5 Å². The van der Waals surface area contributed by atoms with Crippen LogP contribution < -0.4 is 4.74 Å². The number of benzene rings is 1. The van der Waals surface area contributed by atoms with Crippen LogP contribution in [0.5, 0.6) is 11.5 Å². The average molecular weight is 336 g/mol. The Balaban J connectivity index is 1.53. The van der Waals surface area contributed by atoms with Crippen molar-refractivity contribution in [1.82, 2.24) is 4.90 Å². The van der Waals surface area contributed by atoms with E-state index in [4.69, 9.17) is 10.8 Å². The molecule has 24 heavy (non-hydrogen) atoms. The molecule has 1 heterocycles. The Labute approximate surface area is 145 Å². The number of methoxy groups -OCH3 is 1. The second-order valence-corrected chi connectivity index (χ2v) is 6.80. The maximum atomic E-state index is 9.93. The largest absolute Gasteiger partial charge is 0.504 e. The van der Waals surface area contributed by atoms with Gasteiger partial charge in [-0.2, -0.15) is 0 Å². The van der Waals surface area contributed by atoms with E-state index in [0.717, 1.165) is 31.4 Å². The van der Waals surface area contributed by atoms with Crippen LogP contribution in [0.3, 0.4) is 0 Å². The minimum Gasteiger partial charge on any atom is -0.504 e. The normalized spacial score (nSPS) is 31.8. The van der Waals surface area contributed by atoms with Crippen molar-refractivity contribution in [3.63, 3.8) is 0 Å². The molecular weight excluding hydrogens is 306 g/mol. The smallest absolute Gasteiger partial charge is 0.160 e. The average Bonchev–Trinajstić information content (AvgIpc) is 2.95. The van der Waals surface area contributed by atoms with Gasteiger partial charge in [-0.3, -0.25) is 4.90 Å². The standard InChI is InChI=1S/C19H29NO4/c1-23-19-7-6-14(12-17(19)22)9-11-24-18-5-3-2-4-16(18)20-10-8-15(21)13-20/h6-7,12,15-16,18,21-22H,2-5,8-11,13H2,1H3/t15?,16-,18-/m1/s1/i15D. The molecule has 5 heteroatoms. The predicted octanol–water partition coefficient (Wildman–Crippen LogP) is 2.34. The molecule has 0 spiro atoms. The molecule has 1 aromatic rings. The Kier molecular flexibility index (Phi) is 5.52. The summed E-state index contributed by atoms with van der Waals surface area (Å²) in [5.41, 5.74) is 1.02. The SMILES string of the molecule is [2H]C1(O)CCN([C@@H]2CCCC[C@H]2OCCc2ccc(OC)c(O)c2)C1. The number of nitrogens with zero attached hydrogens (tertiary/aromatic N) is 1. The summed E-state index contributed by atoms with van der Waals surface area (Å²) in [7, 11) is 1.54. The Hall–Kier alpha value is -1.30. The van der Waals surface area contributed by atoms with E-state index in [9.17, 15) is 10.2 Å². The minimum absolute atomic E-state index is 0.155. The Morgan fingerprint density at radius 1 is 1.29 bits per heavy atom. The van der Waals surface area contributed by atoms with Gasteiger partial charge in [0.05, 0.1) is 27.3 Å². The number of hydrogen-bond donors (Lipinski definition) is 2. The van der Waals surface area contributed by atoms with Crippen molar-refractivity contribution in [3.05, 3.63) is 23.8 Å². The highest BCUT2D eigenvalue weighted by Gasteiger charge is 2.34. The molecule has 2 aliphatic rings. The van der Waals surface area contributed by atoms with Crippen LogP contribution >= 0.6 is 0 Å². The van der Waals surface area contributed by atoms with Crippen molar-refractivity contribution in [3.8, 4) is 11.5 Å². The molecule has 3 atom stereocenters. The number of aromatic hydroxyl groups is 1. The van der Waals surface area contributed by atoms with Crippen LogP contribution in [0.4, 0.5) is 0 Å². The summed E-state index contributed by atoms with van der Waals surface area (Å²) >= 11 is 0. The first-order valence-electron chi connectivity index (χ1n) is 9.42. The molecule has 134 valence electrons. The minimum atomic E-state index is -1.30. The molecule has 0 amide bonds. The second-order valence-electron chi connectivity index (χ2n) is 6.80. The van der Waals surface area contributed by atoms with E-state index in [-0.39, 0.29) is 11.9 Å². The number of phenolic OH excluding ortho intramolecular Hbond substituents is 1. The molecular formula is C19H29NO4. The molecule has 0 aromatic heterocycles. The van der Waals surface area contributed by atoms with Crippen LogP contribution in [0.1, 0.15) is 39.0 Å². The Morgan fingerprint density at radius 2 is 2.12 bits per heavy atom. The van der Waals surface area contributed by atoms with E-state index < -0.39 is 6.08 Å². The Bertz CT molecular complexity index is 581.